The van der Waals surface area contributed by atoms with Crippen LogP contribution >= 0.6 is 0 Å². The van der Waals surface area contributed by atoms with E-state index in [9.17, 15) is 9.90 Å². The van der Waals surface area contributed by atoms with Crippen LogP contribution in [0.3, 0.4) is 0 Å². The van der Waals surface area contributed by atoms with Crippen molar-refractivity contribution < 1.29 is 9.90 Å². The molecule has 4 aliphatic carbocycles. The normalized spacial score (nSPS) is 46.1. The maximum absolute atomic E-state index is 13.1. The number of hydrogen-bond donors (Lipinski definition) is 1. The average molecular weight is 443 g/mol. The molecule has 0 heterocycles. The number of aliphatic hydroxyl groups is 1. The second-order valence-electron chi connectivity index (χ2n) is 13.9. The van der Waals surface area contributed by atoms with E-state index in [4.69, 9.17) is 0 Å². The summed E-state index contributed by atoms with van der Waals surface area (Å²) in [5.74, 6) is 3.07. The summed E-state index contributed by atoms with van der Waals surface area (Å²) in [4.78, 5) is 13.1. The van der Waals surface area contributed by atoms with Crippen LogP contribution in [0.5, 0.6) is 0 Å². The fraction of sp³-hybridized carbons (Fsp3) is 0.900. The highest BCUT2D eigenvalue weighted by atomic mass is 16.3. The van der Waals surface area contributed by atoms with Crippen LogP contribution in [0, 0.1) is 51.2 Å². The summed E-state index contributed by atoms with van der Waals surface area (Å²) in [6, 6.07) is 0. The third-order valence-corrected chi connectivity index (χ3v) is 11.7. The van der Waals surface area contributed by atoms with Crippen molar-refractivity contribution in [1.82, 2.24) is 0 Å². The van der Waals surface area contributed by atoms with Crippen LogP contribution in [0.15, 0.2) is 11.6 Å². The van der Waals surface area contributed by atoms with Crippen LogP contribution in [0.4, 0.5) is 0 Å². The van der Waals surface area contributed by atoms with Gasteiger partial charge in [-0.15, -0.1) is 0 Å². The molecule has 32 heavy (non-hydrogen) atoms. The lowest BCUT2D eigenvalue weighted by Crippen LogP contribution is -2.58. The predicted molar refractivity (Wildman–Crippen MR) is 133 cm³/mol. The summed E-state index contributed by atoms with van der Waals surface area (Å²) in [5.41, 5.74) is 1.63. The van der Waals surface area contributed by atoms with E-state index in [2.05, 4.69) is 54.5 Å². The van der Waals surface area contributed by atoms with Gasteiger partial charge < -0.3 is 9.90 Å². The highest BCUT2D eigenvalue weighted by Gasteiger charge is 2.67. The van der Waals surface area contributed by atoms with Crippen molar-refractivity contribution >= 4 is 6.29 Å². The maximum Gasteiger partial charge on any atom is 0.127 e. The molecule has 0 radical (unpaired) electrons. The molecule has 1 unspecified atom stereocenters. The Morgan fingerprint density at radius 3 is 2.41 bits per heavy atom. The number of allylic oxidation sites excluding steroid dienone is 2. The number of aldehydes is 1. The van der Waals surface area contributed by atoms with Crippen LogP contribution in [0.2, 0.25) is 0 Å². The molecule has 3 fully saturated rings. The molecule has 2 heteroatoms. The minimum absolute atomic E-state index is 0.0446. The molecule has 4 aliphatic rings. The van der Waals surface area contributed by atoms with Gasteiger partial charge in [0.25, 0.3) is 0 Å². The van der Waals surface area contributed by atoms with Crippen molar-refractivity contribution in [2.45, 2.75) is 119 Å². The van der Waals surface area contributed by atoms with Gasteiger partial charge in [-0.1, -0.05) is 79.4 Å². The highest BCUT2D eigenvalue weighted by molar-refractivity contribution is 5.65. The van der Waals surface area contributed by atoms with Crippen LogP contribution in [0.25, 0.3) is 0 Å². The van der Waals surface area contributed by atoms with Gasteiger partial charge in [0.1, 0.15) is 6.29 Å². The first-order chi connectivity index (χ1) is 14.9. The average Bonchev–Trinajstić information content (AvgIpc) is 3.04. The van der Waals surface area contributed by atoms with E-state index in [0.717, 1.165) is 44.4 Å². The fourth-order valence-electron chi connectivity index (χ4n) is 9.69. The third-order valence-electron chi connectivity index (χ3n) is 11.7. The van der Waals surface area contributed by atoms with Crippen LogP contribution in [-0.4, -0.2) is 17.5 Å². The van der Waals surface area contributed by atoms with Gasteiger partial charge in [-0.2, -0.15) is 0 Å². The number of aliphatic hydroxyl groups excluding tert-OH is 1. The summed E-state index contributed by atoms with van der Waals surface area (Å²) in [6.45, 7) is 16.7. The molecule has 0 aromatic heterocycles. The van der Waals surface area contributed by atoms with E-state index in [1.54, 1.807) is 5.57 Å². The Morgan fingerprint density at radius 1 is 1.03 bits per heavy atom. The number of carbonyl (C=O) groups is 1. The first kappa shape index (κ1) is 24.5. The molecule has 8 atom stereocenters. The molecular formula is C30H50O2. The summed E-state index contributed by atoms with van der Waals surface area (Å²) >= 11 is 0. The molecule has 0 aromatic rings. The summed E-state index contributed by atoms with van der Waals surface area (Å²) in [5, 5.41) is 10.8. The molecule has 0 bridgehead atoms. The Labute approximate surface area is 198 Å². The highest BCUT2D eigenvalue weighted by Crippen LogP contribution is 2.72. The smallest absolute Gasteiger partial charge is 0.127 e. The lowest BCUT2D eigenvalue weighted by atomic mass is 9.41. The molecule has 0 aliphatic heterocycles. The number of hydrogen-bond acceptors (Lipinski definition) is 2. The molecule has 0 saturated heterocycles. The van der Waals surface area contributed by atoms with Crippen molar-refractivity contribution in [3.63, 3.8) is 0 Å². The fourth-order valence-corrected chi connectivity index (χ4v) is 9.69. The minimum atomic E-state index is -0.200. The monoisotopic (exact) mass is 442 g/mol. The maximum atomic E-state index is 13.1. The number of rotatable bonds is 6. The van der Waals surface area contributed by atoms with Gasteiger partial charge in [-0.25, -0.2) is 0 Å². The Balaban J connectivity index is 1.65. The van der Waals surface area contributed by atoms with E-state index in [-0.39, 0.29) is 27.8 Å². The molecule has 1 N–H and O–H groups in total. The summed E-state index contributed by atoms with van der Waals surface area (Å²) < 4.78 is 0. The third kappa shape index (κ3) is 3.32. The molecule has 0 aromatic carbocycles. The van der Waals surface area contributed by atoms with Crippen molar-refractivity contribution in [3.8, 4) is 0 Å². The SMILES string of the molecule is CC(C)CCC[C@@H](C)[C@H]1CC[C@@]2(C=O)C3CC[C@H]4C(C)(C)[C@@H](O)CC[C@]4(C)C3=CC[C@]12C. The van der Waals surface area contributed by atoms with Gasteiger partial charge in [0, 0.05) is 5.41 Å². The Kier molecular flexibility index (Phi) is 6.31. The Bertz CT molecular complexity index is 750. The molecule has 182 valence electrons. The first-order valence-corrected chi connectivity index (χ1v) is 13.8. The lowest BCUT2D eigenvalue weighted by molar-refractivity contribution is -0.140. The quantitative estimate of drug-likeness (QED) is 0.340. The van der Waals surface area contributed by atoms with Gasteiger partial charge in [0.2, 0.25) is 0 Å². The predicted octanol–water partition coefficient (Wildman–Crippen LogP) is 7.59. The van der Waals surface area contributed by atoms with Crippen molar-refractivity contribution in [1.29, 1.82) is 0 Å². The molecule has 0 amide bonds. The van der Waals surface area contributed by atoms with Crippen LogP contribution < -0.4 is 0 Å². The van der Waals surface area contributed by atoms with Gasteiger partial charge in [-0.3, -0.25) is 0 Å². The second kappa shape index (κ2) is 8.24. The zero-order valence-corrected chi connectivity index (χ0v) is 22.0. The Hall–Kier alpha value is -0.630. The molecule has 4 rings (SSSR count). The molecule has 2 nitrogen and oxygen atoms in total. The minimum Gasteiger partial charge on any atom is -0.393 e. The molecule has 3 saturated carbocycles. The Morgan fingerprint density at radius 2 is 1.75 bits per heavy atom. The van der Waals surface area contributed by atoms with Gasteiger partial charge in [-0.05, 0) is 90.8 Å². The van der Waals surface area contributed by atoms with Crippen LogP contribution in [-0.2, 0) is 4.79 Å². The zero-order chi connectivity index (χ0) is 23.5. The van der Waals surface area contributed by atoms with Crippen molar-refractivity contribution in [3.05, 3.63) is 11.6 Å². The van der Waals surface area contributed by atoms with E-state index >= 15 is 0 Å². The topological polar surface area (TPSA) is 37.3 Å². The standard InChI is InChI=1S/C30H50O2/c1-20(2)9-8-10-21(3)22-14-18-30(19-31)24-11-12-25-27(4,5)26(32)15-16-28(25,6)23(24)13-17-29(22,30)7/h13,19-22,24-26,32H,8-12,14-18H2,1-7H3/t21-,22-,24?,25+,26+,28-,29-,30-/m1/s1. The summed E-state index contributed by atoms with van der Waals surface area (Å²) in [7, 11) is 0. The lowest BCUT2D eigenvalue weighted by Gasteiger charge is -2.63. The van der Waals surface area contributed by atoms with Gasteiger partial charge in [0.05, 0.1) is 6.10 Å². The van der Waals surface area contributed by atoms with Gasteiger partial charge in [0.15, 0.2) is 0 Å². The van der Waals surface area contributed by atoms with Gasteiger partial charge >= 0.3 is 0 Å². The van der Waals surface area contributed by atoms with E-state index in [1.165, 1.54) is 32.0 Å². The van der Waals surface area contributed by atoms with Crippen LogP contribution in [0.1, 0.15) is 113 Å². The molecule has 0 spiro atoms. The van der Waals surface area contributed by atoms with E-state index in [0.29, 0.717) is 23.7 Å². The van der Waals surface area contributed by atoms with Crippen molar-refractivity contribution in [2.24, 2.45) is 51.2 Å². The second-order valence-corrected chi connectivity index (χ2v) is 13.9. The van der Waals surface area contributed by atoms with Crippen molar-refractivity contribution in [2.75, 3.05) is 0 Å². The zero-order valence-electron chi connectivity index (χ0n) is 22.0. The van der Waals surface area contributed by atoms with E-state index < -0.39 is 0 Å². The molecular weight excluding hydrogens is 392 g/mol. The largest absolute Gasteiger partial charge is 0.393 e. The number of carbonyl (C=O) groups excluding carboxylic acids is 1. The number of fused-ring (bicyclic) bond motifs is 5. The summed E-state index contributed by atoms with van der Waals surface area (Å²) in [6.07, 6.45) is 15.4. The van der Waals surface area contributed by atoms with E-state index in [1.807, 2.05) is 0 Å². The first-order valence-electron chi connectivity index (χ1n) is 13.8.